The Morgan fingerprint density at radius 1 is 1.08 bits per heavy atom. The number of benzene rings is 2. The molecule has 1 amide bonds. The van der Waals surface area contributed by atoms with Crippen molar-refractivity contribution in [2.75, 3.05) is 39.8 Å². The number of carbonyl (C=O) groups is 1. The lowest BCUT2D eigenvalue weighted by molar-refractivity contribution is -1.02. The first-order chi connectivity index (χ1) is 12.5. The van der Waals surface area contributed by atoms with Gasteiger partial charge < -0.3 is 15.1 Å². The minimum atomic E-state index is -0.105. The molecule has 3 N–H and O–H groups in total. The number of carbonyl (C=O) groups excluding carboxylic acids is 1. The van der Waals surface area contributed by atoms with Gasteiger partial charge in [-0.15, -0.1) is 0 Å². The van der Waals surface area contributed by atoms with Crippen molar-refractivity contribution in [3.63, 3.8) is 0 Å². The Hall–Kier alpha value is -1.88. The molecule has 138 valence electrons. The molecule has 2 aromatic rings. The van der Waals surface area contributed by atoms with Gasteiger partial charge in [0.15, 0.2) is 0 Å². The number of hydrogen-bond acceptors (Lipinski definition) is 1. The largest absolute Gasteiger partial charge is 0.346 e. The number of likely N-dealkylation sites (N-methyl/N-ethyl adjacent to an activating group) is 1. The Kier molecular flexibility index (Phi) is 6.30. The van der Waals surface area contributed by atoms with Gasteiger partial charge >= 0.3 is 0 Å². The molecular weight excluding hydrogens is 346 g/mol. The molecule has 5 heteroatoms. The first-order valence-electron chi connectivity index (χ1n) is 9.30. The van der Waals surface area contributed by atoms with E-state index in [9.17, 15) is 4.79 Å². The summed E-state index contributed by atoms with van der Waals surface area (Å²) in [7, 11) is 2.25. The molecule has 1 fully saturated rings. The van der Waals surface area contributed by atoms with Crippen LogP contribution in [0.5, 0.6) is 0 Å². The van der Waals surface area contributed by atoms with Gasteiger partial charge in [-0.3, -0.25) is 4.79 Å². The Bertz CT molecular complexity index is 739. The van der Waals surface area contributed by atoms with Gasteiger partial charge in [-0.05, 0) is 19.1 Å². The lowest BCUT2D eigenvalue weighted by Gasteiger charge is -2.33. The molecule has 0 unspecified atom stereocenters. The fraction of sp³-hybridized carbons (Fsp3) is 0.381. The maximum Gasteiger partial charge on any atom is 0.253 e. The van der Waals surface area contributed by atoms with Crippen molar-refractivity contribution >= 4 is 17.5 Å². The van der Waals surface area contributed by atoms with Crippen LogP contribution in [0.1, 0.15) is 27.5 Å². The number of halogens is 1. The van der Waals surface area contributed by atoms with Gasteiger partial charge in [-0.1, -0.05) is 53.6 Å². The second-order valence-corrected chi connectivity index (χ2v) is 7.68. The molecule has 1 aliphatic rings. The van der Waals surface area contributed by atoms with E-state index in [0.717, 1.165) is 26.2 Å². The normalized spacial score (nSPS) is 21.2. The first kappa shape index (κ1) is 18.9. The second-order valence-electron chi connectivity index (χ2n) is 7.27. The van der Waals surface area contributed by atoms with Crippen LogP contribution in [0.2, 0.25) is 5.02 Å². The van der Waals surface area contributed by atoms with Crippen LogP contribution in [0.3, 0.4) is 0 Å². The molecule has 2 aromatic carbocycles. The molecule has 0 bridgehead atoms. The van der Waals surface area contributed by atoms with E-state index in [1.54, 1.807) is 21.9 Å². The summed E-state index contributed by atoms with van der Waals surface area (Å²) >= 11 is 6.16. The highest BCUT2D eigenvalue weighted by atomic mass is 35.5. The Labute approximate surface area is 160 Å². The number of rotatable bonds is 5. The highest BCUT2D eigenvalue weighted by Gasteiger charge is 2.29. The van der Waals surface area contributed by atoms with Crippen LogP contribution < -0.4 is 15.1 Å². The number of hydrogen-bond donors (Lipinski definition) is 3. The molecule has 0 saturated carbocycles. The summed E-state index contributed by atoms with van der Waals surface area (Å²) < 4.78 is 0. The maximum atomic E-state index is 12.6. The third kappa shape index (κ3) is 4.64. The molecule has 1 aliphatic heterocycles. The van der Waals surface area contributed by atoms with Crippen LogP contribution >= 0.6 is 11.6 Å². The van der Waals surface area contributed by atoms with Gasteiger partial charge in [0.05, 0.1) is 24.2 Å². The van der Waals surface area contributed by atoms with E-state index < -0.39 is 0 Å². The summed E-state index contributed by atoms with van der Waals surface area (Å²) in [5.41, 5.74) is 3.07. The standard InChI is InChI=1S/C21H26ClN3O/c1-16-7-9-17(10-8-16)20(25-13-11-24(2)12-14-25)15-23-21(26)18-5-3-4-6-19(18)22/h3-10,20H,11-15H2,1-2H3,(H,23,26)/p+2/t20-/m0/s1. The topological polar surface area (TPSA) is 38.0 Å². The van der Waals surface area contributed by atoms with E-state index in [1.165, 1.54) is 11.1 Å². The minimum absolute atomic E-state index is 0.105. The molecule has 0 aromatic heterocycles. The van der Waals surface area contributed by atoms with Crippen LogP contribution in [-0.2, 0) is 0 Å². The van der Waals surface area contributed by atoms with Gasteiger partial charge in [0.25, 0.3) is 5.91 Å². The molecule has 0 spiro atoms. The molecule has 4 nitrogen and oxygen atoms in total. The average molecular weight is 374 g/mol. The van der Waals surface area contributed by atoms with Crippen molar-refractivity contribution in [3.8, 4) is 0 Å². The van der Waals surface area contributed by atoms with Crippen LogP contribution in [0.15, 0.2) is 48.5 Å². The third-order valence-corrected chi connectivity index (χ3v) is 5.63. The summed E-state index contributed by atoms with van der Waals surface area (Å²) in [5, 5.41) is 3.60. The summed E-state index contributed by atoms with van der Waals surface area (Å²) in [6.45, 7) is 7.27. The summed E-state index contributed by atoms with van der Waals surface area (Å²) in [6.07, 6.45) is 0. The van der Waals surface area contributed by atoms with Crippen molar-refractivity contribution in [1.82, 2.24) is 5.32 Å². The van der Waals surface area contributed by atoms with Crippen molar-refractivity contribution < 1.29 is 14.6 Å². The van der Waals surface area contributed by atoms with Crippen molar-refractivity contribution in [1.29, 1.82) is 0 Å². The van der Waals surface area contributed by atoms with Crippen molar-refractivity contribution in [2.45, 2.75) is 13.0 Å². The van der Waals surface area contributed by atoms with Crippen molar-refractivity contribution in [2.24, 2.45) is 0 Å². The lowest BCUT2D eigenvalue weighted by atomic mass is 10.0. The summed E-state index contributed by atoms with van der Waals surface area (Å²) in [4.78, 5) is 15.7. The average Bonchev–Trinajstić information content (AvgIpc) is 2.65. The summed E-state index contributed by atoms with van der Waals surface area (Å²) in [5.74, 6) is -0.105. The number of aryl methyl sites for hydroxylation is 1. The molecule has 1 saturated heterocycles. The van der Waals surface area contributed by atoms with E-state index in [1.807, 2.05) is 12.1 Å². The van der Waals surface area contributed by atoms with Gasteiger partial charge in [0.2, 0.25) is 0 Å². The quantitative estimate of drug-likeness (QED) is 0.703. The Morgan fingerprint density at radius 2 is 1.73 bits per heavy atom. The SMILES string of the molecule is Cc1ccc([C@H](CNC(=O)c2ccccc2Cl)[NH+]2CC[NH+](C)CC2)cc1. The predicted molar refractivity (Wildman–Crippen MR) is 105 cm³/mol. The van der Waals surface area contributed by atoms with E-state index in [0.29, 0.717) is 17.1 Å². The van der Waals surface area contributed by atoms with E-state index in [-0.39, 0.29) is 11.9 Å². The fourth-order valence-corrected chi connectivity index (χ4v) is 3.80. The Morgan fingerprint density at radius 3 is 2.38 bits per heavy atom. The molecule has 3 rings (SSSR count). The molecule has 0 aliphatic carbocycles. The maximum absolute atomic E-state index is 12.6. The van der Waals surface area contributed by atoms with Gasteiger partial charge in [-0.25, -0.2) is 0 Å². The molecule has 1 heterocycles. The smallest absolute Gasteiger partial charge is 0.253 e. The van der Waals surface area contributed by atoms with E-state index >= 15 is 0 Å². The molecule has 1 atom stereocenters. The highest BCUT2D eigenvalue weighted by Crippen LogP contribution is 2.15. The zero-order valence-corrected chi connectivity index (χ0v) is 16.3. The number of quaternary nitrogens is 2. The van der Waals surface area contributed by atoms with Crippen LogP contribution in [-0.4, -0.2) is 45.7 Å². The van der Waals surface area contributed by atoms with E-state index in [4.69, 9.17) is 11.6 Å². The van der Waals surface area contributed by atoms with Gasteiger partial charge in [0, 0.05) is 5.56 Å². The molecule has 26 heavy (non-hydrogen) atoms. The summed E-state index contributed by atoms with van der Waals surface area (Å²) in [6, 6.07) is 16.2. The fourth-order valence-electron chi connectivity index (χ4n) is 3.58. The Balaban J connectivity index is 1.74. The van der Waals surface area contributed by atoms with Crippen LogP contribution in [0.25, 0.3) is 0 Å². The highest BCUT2D eigenvalue weighted by molar-refractivity contribution is 6.33. The second kappa shape index (κ2) is 8.67. The van der Waals surface area contributed by atoms with Crippen molar-refractivity contribution in [3.05, 3.63) is 70.2 Å². The first-order valence-corrected chi connectivity index (χ1v) is 9.67. The molecular formula is C21H28ClN3O+2. The minimum Gasteiger partial charge on any atom is -0.346 e. The zero-order valence-electron chi connectivity index (χ0n) is 15.5. The van der Waals surface area contributed by atoms with Gasteiger partial charge in [0.1, 0.15) is 32.2 Å². The van der Waals surface area contributed by atoms with E-state index in [2.05, 4.69) is 43.6 Å². The van der Waals surface area contributed by atoms with Crippen LogP contribution in [0, 0.1) is 6.92 Å². The van der Waals surface area contributed by atoms with Gasteiger partial charge in [-0.2, -0.15) is 0 Å². The van der Waals surface area contributed by atoms with Crippen LogP contribution in [0.4, 0.5) is 0 Å². The number of piperazine rings is 1. The predicted octanol–water partition coefficient (Wildman–Crippen LogP) is 0.533. The number of amides is 1. The third-order valence-electron chi connectivity index (χ3n) is 5.30. The molecule has 0 radical (unpaired) electrons. The number of nitrogens with one attached hydrogen (secondary N) is 3. The lowest BCUT2D eigenvalue weighted by Crippen LogP contribution is -3.27. The monoisotopic (exact) mass is 373 g/mol. The zero-order chi connectivity index (χ0) is 18.5.